The number of fused-ring (bicyclic) bond motifs is 1. The van der Waals surface area contributed by atoms with Gasteiger partial charge in [0.05, 0.1) is 6.04 Å². The fourth-order valence-electron chi connectivity index (χ4n) is 2.41. The summed E-state index contributed by atoms with van der Waals surface area (Å²) >= 11 is 1.40. The molecule has 0 unspecified atom stereocenters. The van der Waals surface area contributed by atoms with Gasteiger partial charge >= 0.3 is 0 Å². The quantitative estimate of drug-likeness (QED) is 0.865. The van der Waals surface area contributed by atoms with Crippen LogP contribution in [0.4, 0.5) is 8.78 Å². The number of halogens is 2. The van der Waals surface area contributed by atoms with Gasteiger partial charge in [-0.1, -0.05) is 17.8 Å². The summed E-state index contributed by atoms with van der Waals surface area (Å²) in [5.41, 5.74) is -0.390. The first-order valence-corrected chi connectivity index (χ1v) is 7.95. The van der Waals surface area contributed by atoms with Gasteiger partial charge in [-0.3, -0.25) is 14.2 Å². The molecule has 0 radical (unpaired) electrons. The molecule has 23 heavy (non-hydrogen) atoms. The maximum absolute atomic E-state index is 13.5. The minimum Gasteiger partial charge on any atom is -0.352 e. The molecular weight excluding hydrogens is 324 g/mol. The van der Waals surface area contributed by atoms with E-state index >= 15 is 0 Å². The van der Waals surface area contributed by atoms with Gasteiger partial charge in [-0.15, -0.1) is 0 Å². The number of amides is 1. The number of hydrogen-bond donors (Lipinski definition) is 1. The first kappa shape index (κ1) is 15.7. The molecule has 0 saturated heterocycles. The third-order valence-corrected chi connectivity index (χ3v) is 4.67. The van der Waals surface area contributed by atoms with Gasteiger partial charge in [-0.05, 0) is 12.1 Å². The minimum absolute atomic E-state index is 0.0572. The largest absolute Gasteiger partial charge is 0.352 e. The van der Waals surface area contributed by atoms with Gasteiger partial charge in [0.15, 0.2) is 5.16 Å². The van der Waals surface area contributed by atoms with Crippen molar-refractivity contribution >= 4 is 17.7 Å². The molecule has 1 aromatic heterocycles. The van der Waals surface area contributed by atoms with Crippen molar-refractivity contribution in [3.63, 3.8) is 0 Å². The van der Waals surface area contributed by atoms with Crippen LogP contribution in [0.25, 0.3) is 0 Å². The van der Waals surface area contributed by atoms with Crippen molar-refractivity contribution in [2.75, 3.05) is 5.75 Å². The molecule has 3 rings (SSSR count). The maximum atomic E-state index is 13.5. The van der Waals surface area contributed by atoms with Gasteiger partial charge < -0.3 is 5.32 Å². The molecule has 1 aliphatic heterocycles. The van der Waals surface area contributed by atoms with Crippen molar-refractivity contribution in [1.82, 2.24) is 14.9 Å². The summed E-state index contributed by atoms with van der Waals surface area (Å²) in [5.74, 6) is -1.21. The molecule has 0 fully saturated rings. The number of benzene rings is 1. The fraction of sp³-hybridized carbons (Fsp3) is 0.267. The van der Waals surface area contributed by atoms with Crippen LogP contribution >= 0.6 is 11.8 Å². The molecule has 120 valence electrons. The van der Waals surface area contributed by atoms with Crippen LogP contribution < -0.4 is 10.9 Å². The Balaban J connectivity index is 1.65. The lowest BCUT2D eigenvalue weighted by Gasteiger charge is -2.13. The predicted octanol–water partition coefficient (Wildman–Crippen LogP) is 1.87. The highest BCUT2D eigenvalue weighted by Crippen LogP contribution is 2.31. The summed E-state index contributed by atoms with van der Waals surface area (Å²) in [6.45, 7) is -0.230. The van der Waals surface area contributed by atoms with Crippen molar-refractivity contribution in [3.8, 4) is 0 Å². The van der Waals surface area contributed by atoms with Gasteiger partial charge in [0.2, 0.25) is 5.91 Å². The highest BCUT2D eigenvalue weighted by atomic mass is 32.2. The molecule has 2 heterocycles. The van der Waals surface area contributed by atoms with Gasteiger partial charge in [0.25, 0.3) is 5.56 Å². The maximum Gasteiger partial charge on any atom is 0.254 e. The summed E-state index contributed by atoms with van der Waals surface area (Å²) in [5, 5.41) is 3.07. The lowest BCUT2D eigenvalue weighted by Crippen LogP contribution is -2.30. The van der Waals surface area contributed by atoms with Crippen LogP contribution in [0.1, 0.15) is 18.0 Å². The van der Waals surface area contributed by atoms with Crippen LogP contribution in [-0.4, -0.2) is 21.2 Å². The second-order valence-corrected chi connectivity index (χ2v) is 6.07. The summed E-state index contributed by atoms with van der Waals surface area (Å²) in [7, 11) is 0. The second kappa shape index (κ2) is 6.49. The Morgan fingerprint density at radius 3 is 2.83 bits per heavy atom. The van der Waals surface area contributed by atoms with Gasteiger partial charge in [-0.2, -0.15) is 0 Å². The van der Waals surface area contributed by atoms with Gasteiger partial charge in [-0.25, -0.2) is 13.8 Å². The number of rotatable bonds is 4. The van der Waals surface area contributed by atoms with Crippen molar-refractivity contribution in [3.05, 3.63) is 58.0 Å². The molecule has 2 aromatic rings. The first-order chi connectivity index (χ1) is 11.1. The second-order valence-electron chi connectivity index (χ2n) is 5.08. The van der Waals surface area contributed by atoms with E-state index in [0.717, 1.165) is 12.1 Å². The molecule has 1 aromatic carbocycles. The zero-order valence-electron chi connectivity index (χ0n) is 12.0. The molecule has 1 N–H and O–H groups in total. The fourth-order valence-corrected chi connectivity index (χ4v) is 3.54. The number of nitrogens with zero attached hydrogens (tertiary/aromatic N) is 2. The van der Waals surface area contributed by atoms with Crippen LogP contribution in [0.15, 0.2) is 40.4 Å². The zero-order chi connectivity index (χ0) is 16.4. The first-order valence-electron chi connectivity index (χ1n) is 6.96. The van der Waals surface area contributed by atoms with Crippen molar-refractivity contribution in [2.45, 2.75) is 24.2 Å². The lowest BCUT2D eigenvalue weighted by atomic mass is 10.2. The van der Waals surface area contributed by atoms with E-state index in [1.165, 1.54) is 34.7 Å². The third kappa shape index (κ3) is 3.26. The van der Waals surface area contributed by atoms with Crippen LogP contribution in [0.2, 0.25) is 0 Å². The summed E-state index contributed by atoms with van der Waals surface area (Å²) in [4.78, 5) is 28.0. The summed E-state index contributed by atoms with van der Waals surface area (Å²) in [6, 6.07) is 4.58. The molecular formula is C15H13F2N3O2S. The van der Waals surface area contributed by atoms with Crippen molar-refractivity contribution < 1.29 is 13.6 Å². The number of hydrogen-bond acceptors (Lipinski definition) is 4. The number of carbonyl (C=O) groups is 1. The summed E-state index contributed by atoms with van der Waals surface area (Å²) < 4.78 is 28.5. The van der Waals surface area contributed by atoms with Crippen molar-refractivity contribution in [2.24, 2.45) is 0 Å². The Labute approximate surface area is 134 Å². The smallest absolute Gasteiger partial charge is 0.254 e. The summed E-state index contributed by atoms with van der Waals surface area (Å²) in [6.07, 6.45) is 1.49. The molecule has 1 atom stereocenters. The van der Waals surface area contributed by atoms with Gasteiger partial charge in [0, 0.05) is 36.5 Å². The molecule has 0 saturated carbocycles. The molecule has 5 nitrogen and oxygen atoms in total. The normalized spacial score (nSPS) is 16.2. The highest BCUT2D eigenvalue weighted by Gasteiger charge is 2.26. The van der Waals surface area contributed by atoms with E-state index in [1.54, 1.807) is 0 Å². The number of thioether (sulfide) groups is 1. The lowest BCUT2D eigenvalue weighted by molar-refractivity contribution is -0.121. The topological polar surface area (TPSA) is 64.0 Å². The predicted molar refractivity (Wildman–Crippen MR) is 81.1 cm³/mol. The number of nitrogens with one attached hydrogen (secondary N) is 1. The number of carbonyl (C=O) groups excluding carboxylic acids is 1. The molecule has 0 bridgehead atoms. The highest BCUT2D eigenvalue weighted by molar-refractivity contribution is 7.99. The Morgan fingerprint density at radius 1 is 1.35 bits per heavy atom. The Kier molecular flexibility index (Phi) is 4.42. The molecule has 8 heteroatoms. The Morgan fingerprint density at radius 2 is 2.09 bits per heavy atom. The SMILES string of the molecule is O=C(C[C@@H]1CSc2nccc(=O)n21)NCc1c(F)cccc1F. The molecule has 1 amide bonds. The van der Waals surface area contributed by atoms with E-state index in [9.17, 15) is 18.4 Å². The van der Waals surface area contributed by atoms with E-state index in [4.69, 9.17) is 0 Å². The zero-order valence-corrected chi connectivity index (χ0v) is 12.8. The number of aromatic nitrogens is 2. The average Bonchev–Trinajstić information content (AvgIpc) is 2.91. The molecule has 0 spiro atoms. The van der Waals surface area contributed by atoms with Crippen molar-refractivity contribution in [1.29, 1.82) is 0 Å². The van der Waals surface area contributed by atoms with E-state index in [-0.39, 0.29) is 36.0 Å². The van der Waals surface area contributed by atoms with Crippen LogP contribution in [0.5, 0.6) is 0 Å². The Bertz CT molecular complexity index is 789. The van der Waals surface area contributed by atoms with E-state index < -0.39 is 11.6 Å². The van der Waals surface area contributed by atoms with Crippen LogP contribution in [0, 0.1) is 11.6 Å². The van der Waals surface area contributed by atoms with E-state index in [2.05, 4.69) is 10.3 Å². The molecule has 1 aliphatic rings. The van der Waals surface area contributed by atoms with Crippen LogP contribution in [-0.2, 0) is 11.3 Å². The standard InChI is InChI=1S/C15H13F2N3O2S/c16-11-2-1-3-12(17)10(11)7-19-13(21)6-9-8-23-15-18-5-4-14(22)20(9)15/h1-5,9H,6-8H2,(H,19,21)/t9-/m1/s1. The monoisotopic (exact) mass is 337 g/mol. The third-order valence-electron chi connectivity index (χ3n) is 3.56. The average molecular weight is 337 g/mol. The van der Waals surface area contributed by atoms with E-state index in [1.807, 2.05) is 0 Å². The Hall–Kier alpha value is -2.22. The van der Waals surface area contributed by atoms with Gasteiger partial charge in [0.1, 0.15) is 11.6 Å². The molecule has 0 aliphatic carbocycles. The van der Waals surface area contributed by atoms with Crippen LogP contribution in [0.3, 0.4) is 0 Å². The minimum atomic E-state index is -0.701. The van der Waals surface area contributed by atoms with E-state index in [0.29, 0.717) is 10.9 Å².